The quantitative estimate of drug-likeness (QED) is 0.297. The van der Waals surface area contributed by atoms with Crippen molar-refractivity contribution in [1.29, 1.82) is 0 Å². The average molecular weight is 215 g/mol. The molecule has 0 aliphatic carbocycles. The first-order valence-corrected chi connectivity index (χ1v) is 4.19. The van der Waals surface area contributed by atoms with Crippen LogP contribution in [-0.4, -0.2) is 46.0 Å². The molecule has 1 amide bonds. The second kappa shape index (κ2) is 8.84. The summed E-state index contributed by atoms with van der Waals surface area (Å²) in [5, 5.41) is 2.23. The molecule has 0 heterocycles. The van der Waals surface area contributed by atoms with E-state index in [2.05, 4.69) is 31.4 Å². The zero-order valence-corrected chi connectivity index (χ0v) is 8.66. The van der Waals surface area contributed by atoms with Crippen LogP contribution in [0.15, 0.2) is 0 Å². The summed E-state index contributed by atoms with van der Waals surface area (Å²) < 4.78 is 13.8. The van der Waals surface area contributed by atoms with Crippen molar-refractivity contribution in [3.63, 3.8) is 0 Å². The highest BCUT2D eigenvalue weighted by Crippen LogP contribution is 1.78. The first-order valence-electron chi connectivity index (χ1n) is 4.19. The molecule has 6 nitrogen and oxygen atoms in total. The van der Waals surface area contributed by atoms with Crippen molar-refractivity contribution in [2.24, 2.45) is 0 Å². The third kappa shape index (κ3) is 8.59. The second-order valence-electron chi connectivity index (χ2n) is 2.26. The van der Waals surface area contributed by atoms with Gasteiger partial charge in [-0.3, -0.25) is 0 Å². The molecule has 84 valence electrons. The van der Waals surface area contributed by atoms with Crippen molar-refractivity contribution < 1.29 is 23.8 Å². The molecule has 0 bridgehead atoms. The van der Waals surface area contributed by atoms with Gasteiger partial charge < -0.3 is 19.5 Å². The number of esters is 1. The van der Waals surface area contributed by atoms with Crippen LogP contribution in [0, 0.1) is 11.8 Å². The van der Waals surface area contributed by atoms with Crippen LogP contribution in [0.25, 0.3) is 0 Å². The summed E-state index contributed by atoms with van der Waals surface area (Å²) in [4.78, 5) is 21.4. The SMILES string of the molecule is CNC(=O)OCC#CC(=O)OCCOC. The number of alkyl carbamates (subject to hydrolysis) is 1. The van der Waals surface area contributed by atoms with Crippen molar-refractivity contribution in [2.75, 3.05) is 34.0 Å². The predicted molar refractivity (Wildman–Crippen MR) is 51.0 cm³/mol. The maximum absolute atomic E-state index is 10.8. The average Bonchev–Trinajstić information content (AvgIpc) is 2.24. The number of amides is 1. The van der Waals surface area contributed by atoms with Gasteiger partial charge in [0, 0.05) is 20.1 Å². The van der Waals surface area contributed by atoms with Crippen LogP contribution in [-0.2, 0) is 19.0 Å². The molecule has 15 heavy (non-hydrogen) atoms. The number of rotatable bonds is 4. The van der Waals surface area contributed by atoms with E-state index in [4.69, 9.17) is 0 Å². The molecule has 0 aliphatic heterocycles. The van der Waals surface area contributed by atoms with Gasteiger partial charge in [0.15, 0.2) is 6.61 Å². The van der Waals surface area contributed by atoms with Gasteiger partial charge in [0.05, 0.1) is 6.61 Å². The van der Waals surface area contributed by atoms with Crippen molar-refractivity contribution in [2.45, 2.75) is 0 Å². The lowest BCUT2D eigenvalue weighted by molar-refractivity contribution is -0.137. The highest BCUT2D eigenvalue weighted by atomic mass is 16.6. The minimum Gasteiger partial charge on any atom is -0.454 e. The molecule has 0 atom stereocenters. The predicted octanol–water partition coefficient (Wildman–Crippen LogP) is -0.465. The highest BCUT2D eigenvalue weighted by Gasteiger charge is 1.96. The van der Waals surface area contributed by atoms with Gasteiger partial charge in [-0.15, -0.1) is 0 Å². The van der Waals surface area contributed by atoms with Gasteiger partial charge in [-0.25, -0.2) is 9.59 Å². The highest BCUT2D eigenvalue weighted by molar-refractivity contribution is 5.88. The first-order chi connectivity index (χ1) is 7.20. The standard InChI is InChI=1S/C9H13NO5/c1-10-9(12)15-5-3-4-8(11)14-7-6-13-2/h5-7H2,1-2H3,(H,10,12). The van der Waals surface area contributed by atoms with Crippen molar-refractivity contribution in [3.05, 3.63) is 0 Å². The van der Waals surface area contributed by atoms with Crippen molar-refractivity contribution in [1.82, 2.24) is 5.32 Å². The topological polar surface area (TPSA) is 73.9 Å². The monoisotopic (exact) mass is 215 g/mol. The fraction of sp³-hybridized carbons (Fsp3) is 0.556. The Labute approximate surface area is 87.9 Å². The summed E-state index contributed by atoms with van der Waals surface area (Å²) in [6, 6.07) is 0. The number of carbonyl (C=O) groups is 2. The lowest BCUT2D eigenvalue weighted by atomic mass is 10.6. The summed E-state index contributed by atoms with van der Waals surface area (Å²) in [7, 11) is 2.92. The van der Waals surface area contributed by atoms with E-state index in [1.807, 2.05) is 0 Å². The van der Waals surface area contributed by atoms with E-state index in [0.717, 1.165) is 0 Å². The Kier molecular flexibility index (Phi) is 7.82. The molecule has 0 saturated carbocycles. The largest absolute Gasteiger partial charge is 0.454 e. The molecule has 0 aromatic rings. The number of methoxy groups -OCH3 is 1. The number of hydrogen-bond donors (Lipinski definition) is 1. The molecule has 0 spiro atoms. The van der Waals surface area contributed by atoms with Gasteiger partial charge in [0.2, 0.25) is 0 Å². The van der Waals surface area contributed by atoms with Crippen molar-refractivity contribution >= 4 is 12.1 Å². The number of ether oxygens (including phenoxy) is 3. The van der Waals surface area contributed by atoms with Gasteiger partial charge in [-0.1, -0.05) is 0 Å². The normalized spacial score (nSPS) is 8.40. The van der Waals surface area contributed by atoms with Crippen LogP contribution < -0.4 is 5.32 Å². The molecular weight excluding hydrogens is 202 g/mol. The lowest BCUT2D eigenvalue weighted by Crippen LogP contribution is -2.19. The molecule has 0 radical (unpaired) electrons. The molecule has 0 saturated heterocycles. The molecule has 0 fully saturated rings. The van der Waals surface area contributed by atoms with Gasteiger partial charge in [0.25, 0.3) is 0 Å². The minimum absolute atomic E-state index is 0.153. The van der Waals surface area contributed by atoms with Gasteiger partial charge in [0.1, 0.15) is 6.61 Å². The van der Waals surface area contributed by atoms with Crippen molar-refractivity contribution in [3.8, 4) is 11.8 Å². The molecule has 6 heteroatoms. The van der Waals surface area contributed by atoms with E-state index < -0.39 is 12.1 Å². The zero-order valence-electron chi connectivity index (χ0n) is 8.66. The molecule has 0 aromatic carbocycles. The second-order valence-corrected chi connectivity index (χ2v) is 2.26. The van der Waals surface area contributed by atoms with Crippen LogP contribution in [0.2, 0.25) is 0 Å². The van der Waals surface area contributed by atoms with Gasteiger partial charge in [-0.05, 0) is 5.92 Å². The van der Waals surface area contributed by atoms with E-state index >= 15 is 0 Å². The number of hydrogen-bond acceptors (Lipinski definition) is 5. The zero-order chi connectivity index (χ0) is 11.5. The molecule has 0 rings (SSSR count). The Morgan fingerprint density at radius 3 is 2.60 bits per heavy atom. The Hall–Kier alpha value is -1.74. The van der Waals surface area contributed by atoms with E-state index in [9.17, 15) is 9.59 Å². The van der Waals surface area contributed by atoms with Crippen LogP contribution in [0.3, 0.4) is 0 Å². The summed E-state index contributed by atoms with van der Waals surface area (Å²) >= 11 is 0. The smallest absolute Gasteiger partial charge is 0.407 e. The van der Waals surface area contributed by atoms with Crippen LogP contribution >= 0.6 is 0 Å². The van der Waals surface area contributed by atoms with E-state index in [1.165, 1.54) is 14.2 Å². The lowest BCUT2D eigenvalue weighted by Gasteiger charge is -1.98. The Balaban J connectivity index is 3.58. The van der Waals surface area contributed by atoms with E-state index in [-0.39, 0.29) is 13.2 Å². The summed E-state index contributed by atoms with van der Waals surface area (Å²) in [6.45, 7) is 0.321. The molecular formula is C9H13NO5. The minimum atomic E-state index is -0.674. The van der Waals surface area contributed by atoms with Crippen LogP contribution in [0.5, 0.6) is 0 Å². The third-order valence-electron chi connectivity index (χ3n) is 1.19. The maximum atomic E-state index is 10.8. The summed E-state index contributed by atoms with van der Waals surface area (Å²) in [5.74, 6) is 3.80. The van der Waals surface area contributed by atoms with Crippen LogP contribution in [0.4, 0.5) is 4.79 Å². The van der Waals surface area contributed by atoms with Gasteiger partial charge >= 0.3 is 12.1 Å². The Morgan fingerprint density at radius 2 is 2.00 bits per heavy atom. The summed E-state index contributed by atoms with van der Waals surface area (Å²) in [5.41, 5.74) is 0. The number of carbonyl (C=O) groups excluding carboxylic acids is 2. The van der Waals surface area contributed by atoms with E-state index in [0.29, 0.717) is 6.61 Å². The Morgan fingerprint density at radius 1 is 1.27 bits per heavy atom. The fourth-order valence-electron chi connectivity index (χ4n) is 0.536. The fourth-order valence-corrected chi connectivity index (χ4v) is 0.536. The molecule has 0 unspecified atom stereocenters. The maximum Gasteiger partial charge on any atom is 0.407 e. The molecule has 0 aliphatic rings. The van der Waals surface area contributed by atoms with Gasteiger partial charge in [-0.2, -0.15) is 0 Å². The van der Waals surface area contributed by atoms with Crippen LogP contribution in [0.1, 0.15) is 0 Å². The van der Waals surface area contributed by atoms with E-state index in [1.54, 1.807) is 0 Å². The number of nitrogens with one attached hydrogen (secondary N) is 1. The summed E-state index contributed by atoms with van der Waals surface area (Å²) in [6.07, 6.45) is -0.600. The Bertz CT molecular complexity index is 265. The third-order valence-corrected chi connectivity index (χ3v) is 1.19. The molecule has 1 N–H and O–H groups in total. The first kappa shape index (κ1) is 13.3. The molecule has 0 aromatic heterocycles.